The van der Waals surface area contributed by atoms with Gasteiger partial charge in [0.1, 0.15) is 10.8 Å². The molecule has 1 N–H and O–H groups in total. The highest BCUT2D eigenvalue weighted by atomic mass is 32.1. The molecule has 5 rings (SSSR count). The number of thiazole rings is 2. The number of aromatic nitrogens is 2. The second-order valence-corrected chi connectivity index (χ2v) is 10.1. The molecular weight excluding hydrogens is 446 g/mol. The van der Waals surface area contributed by atoms with Crippen molar-refractivity contribution in [2.45, 2.75) is 6.92 Å². The number of carbonyl (C=O) groups excluding carboxylic acids is 1. The first-order valence-electron chi connectivity index (χ1n) is 9.50. The minimum absolute atomic E-state index is 0.160. The topological polar surface area (TPSA) is 64.1 Å². The van der Waals surface area contributed by atoms with Crippen molar-refractivity contribution in [2.75, 3.05) is 12.4 Å². The zero-order valence-corrected chi connectivity index (χ0v) is 19.2. The number of carbonyl (C=O) groups is 1. The number of hydrogen-bond acceptors (Lipinski definition) is 7. The monoisotopic (exact) mass is 463 g/mol. The molecule has 8 heteroatoms. The molecule has 0 spiro atoms. The van der Waals surface area contributed by atoms with Crippen molar-refractivity contribution in [1.82, 2.24) is 9.97 Å². The standard InChI is InChI=1S/C23H17N3O2S3/c1-13-20(14-7-9-15(28-2)10-8-14)25-23(29-13)26-21(27)18-11-12-19(30-18)22-24-16-5-3-4-6-17(16)31-22/h3-12H,1-2H3,(H,25,26,27). The van der Waals surface area contributed by atoms with E-state index in [-0.39, 0.29) is 5.91 Å². The Labute approximate surface area is 191 Å². The number of amides is 1. The van der Waals surface area contributed by atoms with Crippen LogP contribution in [0.4, 0.5) is 5.13 Å². The highest BCUT2D eigenvalue weighted by Crippen LogP contribution is 2.35. The number of benzene rings is 2. The van der Waals surface area contributed by atoms with Crippen molar-refractivity contribution in [1.29, 1.82) is 0 Å². The van der Waals surface area contributed by atoms with E-state index >= 15 is 0 Å². The van der Waals surface area contributed by atoms with Crippen LogP contribution >= 0.6 is 34.0 Å². The molecule has 0 bridgehead atoms. The van der Waals surface area contributed by atoms with Crippen LogP contribution in [0, 0.1) is 6.92 Å². The van der Waals surface area contributed by atoms with Crippen LogP contribution in [0.25, 0.3) is 31.4 Å². The maximum absolute atomic E-state index is 12.8. The van der Waals surface area contributed by atoms with Crippen LogP contribution in [-0.2, 0) is 0 Å². The molecule has 1 amide bonds. The minimum atomic E-state index is -0.160. The van der Waals surface area contributed by atoms with Gasteiger partial charge in [-0.25, -0.2) is 9.97 Å². The summed E-state index contributed by atoms with van der Waals surface area (Å²) in [6.45, 7) is 2.00. The van der Waals surface area contributed by atoms with E-state index in [2.05, 4.69) is 21.4 Å². The van der Waals surface area contributed by atoms with Crippen LogP contribution in [-0.4, -0.2) is 23.0 Å². The second kappa shape index (κ2) is 8.22. The van der Waals surface area contributed by atoms with Gasteiger partial charge in [0.15, 0.2) is 5.13 Å². The molecule has 0 saturated heterocycles. The van der Waals surface area contributed by atoms with E-state index in [0.717, 1.165) is 42.0 Å². The summed E-state index contributed by atoms with van der Waals surface area (Å²) >= 11 is 4.54. The summed E-state index contributed by atoms with van der Waals surface area (Å²) < 4.78 is 6.36. The van der Waals surface area contributed by atoms with Crippen molar-refractivity contribution < 1.29 is 9.53 Å². The Bertz CT molecular complexity index is 1350. The minimum Gasteiger partial charge on any atom is -0.497 e. The normalized spacial score (nSPS) is 11.0. The summed E-state index contributed by atoms with van der Waals surface area (Å²) in [6.07, 6.45) is 0. The Hall–Kier alpha value is -3.07. The number of hydrogen-bond donors (Lipinski definition) is 1. The third-order valence-electron chi connectivity index (χ3n) is 4.71. The molecule has 0 saturated carbocycles. The summed E-state index contributed by atoms with van der Waals surface area (Å²) in [5.41, 5.74) is 2.83. The predicted molar refractivity (Wildman–Crippen MR) is 130 cm³/mol. The largest absolute Gasteiger partial charge is 0.497 e. The van der Waals surface area contributed by atoms with Gasteiger partial charge in [0, 0.05) is 10.4 Å². The molecule has 0 aliphatic carbocycles. The fourth-order valence-corrected chi connectivity index (χ4v) is 5.93. The Kier molecular flexibility index (Phi) is 5.27. The van der Waals surface area contributed by atoms with Crippen molar-refractivity contribution in [3.8, 4) is 26.9 Å². The van der Waals surface area contributed by atoms with Crippen LogP contribution in [0.5, 0.6) is 5.75 Å². The first-order chi connectivity index (χ1) is 15.1. The number of thiophene rings is 1. The van der Waals surface area contributed by atoms with E-state index in [1.54, 1.807) is 18.4 Å². The Morgan fingerprint density at radius 2 is 1.74 bits per heavy atom. The number of rotatable bonds is 5. The lowest BCUT2D eigenvalue weighted by atomic mass is 10.1. The number of nitrogens with one attached hydrogen (secondary N) is 1. The molecule has 3 aromatic heterocycles. The van der Waals surface area contributed by atoms with Gasteiger partial charge in [0.25, 0.3) is 5.91 Å². The van der Waals surface area contributed by atoms with Gasteiger partial charge in [0.05, 0.1) is 32.8 Å². The van der Waals surface area contributed by atoms with Gasteiger partial charge in [-0.15, -0.1) is 34.0 Å². The fraction of sp³-hybridized carbons (Fsp3) is 0.0870. The second-order valence-electron chi connectivity index (χ2n) is 6.76. The molecule has 0 aliphatic heterocycles. The summed E-state index contributed by atoms with van der Waals surface area (Å²) in [6, 6.07) is 19.6. The molecule has 0 radical (unpaired) electrons. The molecule has 0 unspecified atom stereocenters. The quantitative estimate of drug-likeness (QED) is 0.314. The highest BCUT2D eigenvalue weighted by Gasteiger charge is 2.16. The fourth-order valence-electron chi connectivity index (χ4n) is 3.18. The van der Waals surface area contributed by atoms with Crippen LogP contribution < -0.4 is 10.1 Å². The van der Waals surface area contributed by atoms with Gasteiger partial charge in [-0.1, -0.05) is 12.1 Å². The van der Waals surface area contributed by atoms with E-state index in [4.69, 9.17) is 4.74 Å². The van der Waals surface area contributed by atoms with Gasteiger partial charge >= 0.3 is 0 Å². The molecule has 0 fully saturated rings. The Morgan fingerprint density at radius 3 is 2.52 bits per heavy atom. The first kappa shape index (κ1) is 19.9. The lowest BCUT2D eigenvalue weighted by Crippen LogP contribution is -2.09. The number of aryl methyl sites for hydroxylation is 1. The van der Waals surface area contributed by atoms with Crippen molar-refractivity contribution in [3.63, 3.8) is 0 Å². The average molecular weight is 464 g/mol. The summed E-state index contributed by atoms with van der Waals surface area (Å²) in [5.74, 6) is 0.638. The number of nitrogens with zero attached hydrogens (tertiary/aromatic N) is 2. The maximum Gasteiger partial charge on any atom is 0.267 e. The predicted octanol–water partition coefficient (Wildman–Crippen LogP) is 6.72. The average Bonchev–Trinajstić information content (AvgIpc) is 3.51. The maximum atomic E-state index is 12.8. The smallest absolute Gasteiger partial charge is 0.267 e. The molecule has 5 aromatic rings. The number of fused-ring (bicyclic) bond motifs is 1. The van der Waals surface area contributed by atoms with Gasteiger partial charge in [-0.3, -0.25) is 10.1 Å². The number of para-hydroxylation sites is 1. The van der Waals surface area contributed by atoms with E-state index in [1.807, 2.05) is 61.5 Å². The number of anilines is 1. The summed E-state index contributed by atoms with van der Waals surface area (Å²) in [5, 5.41) is 4.45. The molecule has 5 nitrogen and oxygen atoms in total. The molecule has 2 aromatic carbocycles. The zero-order valence-electron chi connectivity index (χ0n) is 16.7. The SMILES string of the molecule is COc1ccc(-c2nc(NC(=O)c3ccc(-c4nc5ccccc5s4)s3)sc2C)cc1. The summed E-state index contributed by atoms with van der Waals surface area (Å²) in [7, 11) is 1.64. The van der Waals surface area contributed by atoms with E-state index in [1.165, 1.54) is 22.7 Å². The number of ether oxygens (including phenoxy) is 1. The van der Waals surface area contributed by atoms with E-state index < -0.39 is 0 Å². The van der Waals surface area contributed by atoms with Crippen LogP contribution in [0.3, 0.4) is 0 Å². The van der Waals surface area contributed by atoms with Crippen molar-refractivity contribution in [3.05, 3.63) is 70.4 Å². The molecule has 3 heterocycles. The first-order valence-corrected chi connectivity index (χ1v) is 11.9. The molecule has 0 atom stereocenters. The van der Waals surface area contributed by atoms with Gasteiger partial charge < -0.3 is 4.74 Å². The lowest BCUT2D eigenvalue weighted by Gasteiger charge is -2.02. The molecule has 31 heavy (non-hydrogen) atoms. The lowest BCUT2D eigenvalue weighted by molar-refractivity contribution is 0.103. The van der Waals surface area contributed by atoms with E-state index in [9.17, 15) is 4.79 Å². The molecular formula is C23H17N3O2S3. The van der Waals surface area contributed by atoms with E-state index in [0.29, 0.717) is 10.0 Å². The Morgan fingerprint density at radius 1 is 0.935 bits per heavy atom. The third-order valence-corrected chi connectivity index (χ3v) is 7.89. The van der Waals surface area contributed by atoms with Gasteiger partial charge in [-0.05, 0) is 55.5 Å². The molecule has 0 aliphatic rings. The van der Waals surface area contributed by atoms with Crippen LogP contribution in [0.2, 0.25) is 0 Å². The highest BCUT2D eigenvalue weighted by molar-refractivity contribution is 7.26. The van der Waals surface area contributed by atoms with Crippen molar-refractivity contribution in [2.24, 2.45) is 0 Å². The third kappa shape index (κ3) is 3.97. The Balaban J connectivity index is 1.35. The summed E-state index contributed by atoms with van der Waals surface area (Å²) in [4.78, 5) is 24.8. The van der Waals surface area contributed by atoms with Crippen molar-refractivity contribution >= 4 is 55.3 Å². The molecule has 154 valence electrons. The van der Waals surface area contributed by atoms with Crippen LogP contribution in [0.15, 0.2) is 60.7 Å². The van der Waals surface area contributed by atoms with Gasteiger partial charge in [0.2, 0.25) is 0 Å². The van der Waals surface area contributed by atoms with Gasteiger partial charge in [-0.2, -0.15) is 0 Å². The number of methoxy groups -OCH3 is 1. The zero-order chi connectivity index (χ0) is 21.4. The van der Waals surface area contributed by atoms with Crippen LogP contribution in [0.1, 0.15) is 14.5 Å².